The van der Waals surface area contributed by atoms with Crippen molar-refractivity contribution in [3.05, 3.63) is 20.8 Å². The SMILES string of the molecule is CCNC1CCCCC1Cc1cc(Br)cs1. The van der Waals surface area contributed by atoms with Crippen molar-refractivity contribution in [1.82, 2.24) is 5.32 Å². The monoisotopic (exact) mass is 301 g/mol. The fourth-order valence-electron chi connectivity index (χ4n) is 2.70. The molecule has 1 N–H and O–H groups in total. The summed E-state index contributed by atoms with van der Waals surface area (Å²) < 4.78 is 1.24. The molecule has 1 nitrogen and oxygen atoms in total. The highest BCUT2D eigenvalue weighted by atomic mass is 79.9. The lowest BCUT2D eigenvalue weighted by molar-refractivity contribution is 0.265. The highest BCUT2D eigenvalue weighted by Crippen LogP contribution is 2.30. The van der Waals surface area contributed by atoms with Gasteiger partial charge in [-0.05, 0) is 53.7 Å². The average molecular weight is 302 g/mol. The summed E-state index contributed by atoms with van der Waals surface area (Å²) >= 11 is 5.43. The number of hydrogen-bond acceptors (Lipinski definition) is 2. The molecule has 0 saturated heterocycles. The van der Waals surface area contributed by atoms with E-state index in [4.69, 9.17) is 0 Å². The first kappa shape index (κ1) is 12.6. The van der Waals surface area contributed by atoms with Crippen LogP contribution in [0.4, 0.5) is 0 Å². The molecular weight excluding hydrogens is 282 g/mol. The Labute approximate surface area is 111 Å². The van der Waals surface area contributed by atoms with E-state index in [-0.39, 0.29) is 0 Å². The third-order valence-corrected chi connectivity index (χ3v) is 5.18. The lowest BCUT2D eigenvalue weighted by Crippen LogP contribution is -2.39. The Hall–Kier alpha value is 0.140. The number of hydrogen-bond donors (Lipinski definition) is 1. The van der Waals surface area contributed by atoms with Crippen LogP contribution in [0.15, 0.2) is 15.9 Å². The van der Waals surface area contributed by atoms with Gasteiger partial charge < -0.3 is 5.32 Å². The third kappa shape index (κ3) is 3.31. The van der Waals surface area contributed by atoms with Crippen LogP contribution < -0.4 is 5.32 Å². The van der Waals surface area contributed by atoms with Crippen LogP contribution in [-0.2, 0) is 6.42 Å². The zero-order valence-corrected chi connectivity index (χ0v) is 12.2. The van der Waals surface area contributed by atoms with Crippen LogP contribution in [-0.4, -0.2) is 12.6 Å². The molecule has 3 heteroatoms. The molecule has 1 aliphatic carbocycles. The van der Waals surface area contributed by atoms with Gasteiger partial charge in [-0.1, -0.05) is 19.8 Å². The van der Waals surface area contributed by atoms with Gasteiger partial charge in [0.15, 0.2) is 0 Å². The fraction of sp³-hybridized carbons (Fsp3) is 0.692. The van der Waals surface area contributed by atoms with E-state index in [1.807, 2.05) is 11.3 Å². The van der Waals surface area contributed by atoms with Gasteiger partial charge in [0.05, 0.1) is 0 Å². The van der Waals surface area contributed by atoms with E-state index in [1.54, 1.807) is 0 Å². The lowest BCUT2D eigenvalue weighted by atomic mass is 9.82. The van der Waals surface area contributed by atoms with Gasteiger partial charge in [0.2, 0.25) is 0 Å². The standard InChI is InChI=1S/C13H20BrNS/c1-2-15-13-6-4-3-5-10(13)7-12-8-11(14)9-16-12/h8-10,13,15H,2-7H2,1H3. The predicted molar refractivity (Wildman–Crippen MR) is 75.1 cm³/mol. The largest absolute Gasteiger partial charge is 0.314 e. The number of nitrogens with one attached hydrogen (secondary N) is 1. The molecule has 0 amide bonds. The van der Waals surface area contributed by atoms with Gasteiger partial charge in [0, 0.05) is 20.8 Å². The molecule has 90 valence electrons. The molecule has 0 bridgehead atoms. The van der Waals surface area contributed by atoms with Crippen molar-refractivity contribution in [2.75, 3.05) is 6.54 Å². The van der Waals surface area contributed by atoms with Crippen molar-refractivity contribution in [2.45, 2.75) is 45.1 Å². The summed E-state index contributed by atoms with van der Waals surface area (Å²) in [5, 5.41) is 5.85. The number of thiophene rings is 1. The molecular formula is C13H20BrNS. The molecule has 0 aliphatic heterocycles. The second-order valence-corrected chi connectivity index (χ2v) is 6.56. The smallest absolute Gasteiger partial charge is 0.0285 e. The molecule has 1 heterocycles. The van der Waals surface area contributed by atoms with Crippen molar-refractivity contribution in [1.29, 1.82) is 0 Å². The van der Waals surface area contributed by atoms with Crippen LogP contribution in [0.3, 0.4) is 0 Å². The Morgan fingerprint density at radius 1 is 1.44 bits per heavy atom. The molecule has 0 radical (unpaired) electrons. The molecule has 2 atom stereocenters. The van der Waals surface area contributed by atoms with Crippen LogP contribution in [0.2, 0.25) is 0 Å². The molecule has 0 spiro atoms. The van der Waals surface area contributed by atoms with Crippen molar-refractivity contribution in [2.24, 2.45) is 5.92 Å². The zero-order chi connectivity index (χ0) is 11.4. The Morgan fingerprint density at radius 2 is 2.25 bits per heavy atom. The maximum Gasteiger partial charge on any atom is 0.0285 e. The fourth-order valence-corrected chi connectivity index (χ4v) is 4.25. The van der Waals surface area contributed by atoms with E-state index >= 15 is 0 Å². The van der Waals surface area contributed by atoms with Crippen LogP contribution >= 0.6 is 27.3 Å². The quantitative estimate of drug-likeness (QED) is 0.878. The predicted octanol–water partition coefficient (Wildman–Crippen LogP) is 4.22. The molecule has 2 rings (SSSR count). The van der Waals surface area contributed by atoms with Gasteiger partial charge >= 0.3 is 0 Å². The van der Waals surface area contributed by atoms with E-state index in [1.165, 1.54) is 41.5 Å². The maximum absolute atomic E-state index is 3.65. The minimum Gasteiger partial charge on any atom is -0.314 e. The average Bonchev–Trinajstić information content (AvgIpc) is 2.67. The Bertz CT molecular complexity index is 321. The summed E-state index contributed by atoms with van der Waals surface area (Å²) in [5.41, 5.74) is 0. The van der Waals surface area contributed by atoms with Crippen molar-refractivity contribution in [3.8, 4) is 0 Å². The van der Waals surface area contributed by atoms with E-state index < -0.39 is 0 Å². The molecule has 1 fully saturated rings. The first-order valence-corrected chi connectivity index (χ1v) is 7.93. The summed E-state index contributed by atoms with van der Waals surface area (Å²) in [6, 6.07) is 3.03. The van der Waals surface area contributed by atoms with Gasteiger partial charge in [-0.25, -0.2) is 0 Å². The first-order valence-electron chi connectivity index (χ1n) is 6.26. The van der Waals surface area contributed by atoms with E-state index in [0.717, 1.165) is 18.5 Å². The molecule has 2 unspecified atom stereocenters. The van der Waals surface area contributed by atoms with Crippen LogP contribution in [0.5, 0.6) is 0 Å². The van der Waals surface area contributed by atoms with Crippen molar-refractivity contribution >= 4 is 27.3 Å². The number of halogens is 1. The van der Waals surface area contributed by atoms with Gasteiger partial charge in [-0.2, -0.15) is 0 Å². The van der Waals surface area contributed by atoms with Gasteiger partial charge in [-0.3, -0.25) is 0 Å². The lowest BCUT2D eigenvalue weighted by Gasteiger charge is -2.31. The molecule has 1 saturated carbocycles. The minimum absolute atomic E-state index is 0.750. The highest BCUT2D eigenvalue weighted by molar-refractivity contribution is 9.10. The first-order chi connectivity index (χ1) is 7.79. The molecule has 1 aromatic rings. The van der Waals surface area contributed by atoms with Gasteiger partial charge in [-0.15, -0.1) is 11.3 Å². The van der Waals surface area contributed by atoms with Crippen LogP contribution in [0, 0.1) is 5.92 Å². The van der Waals surface area contributed by atoms with E-state index in [0.29, 0.717) is 0 Å². The summed E-state index contributed by atoms with van der Waals surface area (Å²) in [6.07, 6.45) is 6.84. The summed E-state index contributed by atoms with van der Waals surface area (Å²) in [4.78, 5) is 1.53. The normalized spacial score (nSPS) is 25.9. The van der Waals surface area contributed by atoms with Gasteiger partial charge in [0.25, 0.3) is 0 Å². The topological polar surface area (TPSA) is 12.0 Å². The van der Waals surface area contributed by atoms with E-state index in [2.05, 4.69) is 39.6 Å². The van der Waals surface area contributed by atoms with Gasteiger partial charge in [0.1, 0.15) is 0 Å². The Balaban J connectivity index is 1.95. The number of rotatable bonds is 4. The molecule has 16 heavy (non-hydrogen) atoms. The molecule has 0 aromatic carbocycles. The zero-order valence-electron chi connectivity index (χ0n) is 9.84. The summed E-state index contributed by atoms with van der Waals surface area (Å²) in [7, 11) is 0. The molecule has 1 aromatic heterocycles. The Morgan fingerprint density at radius 3 is 2.94 bits per heavy atom. The van der Waals surface area contributed by atoms with Crippen LogP contribution in [0.1, 0.15) is 37.5 Å². The van der Waals surface area contributed by atoms with Crippen LogP contribution in [0.25, 0.3) is 0 Å². The minimum atomic E-state index is 0.750. The van der Waals surface area contributed by atoms with E-state index in [9.17, 15) is 0 Å². The maximum atomic E-state index is 3.65. The second-order valence-electron chi connectivity index (χ2n) is 4.64. The van der Waals surface area contributed by atoms with Crippen molar-refractivity contribution in [3.63, 3.8) is 0 Å². The third-order valence-electron chi connectivity index (χ3n) is 3.46. The summed E-state index contributed by atoms with van der Waals surface area (Å²) in [5.74, 6) is 0.847. The second kappa shape index (κ2) is 6.18. The molecule has 1 aliphatic rings. The van der Waals surface area contributed by atoms with Crippen molar-refractivity contribution < 1.29 is 0 Å². The highest BCUT2D eigenvalue weighted by Gasteiger charge is 2.24. The Kier molecular flexibility index (Phi) is 4.86. The summed E-state index contributed by atoms with van der Waals surface area (Å²) in [6.45, 7) is 3.32.